The summed E-state index contributed by atoms with van der Waals surface area (Å²) in [6, 6.07) is 16.3. The van der Waals surface area contributed by atoms with Gasteiger partial charge in [0.25, 0.3) is 11.8 Å². The number of anilines is 1. The minimum Gasteiger partial charge on any atom is -0.482 e. The van der Waals surface area contributed by atoms with Crippen molar-refractivity contribution in [1.29, 1.82) is 0 Å². The zero-order valence-electron chi connectivity index (χ0n) is 22.2. The lowest BCUT2D eigenvalue weighted by molar-refractivity contribution is -0.121. The van der Waals surface area contributed by atoms with Gasteiger partial charge in [0.05, 0.1) is 12.2 Å². The van der Waals surface area contributed by atoms with Crippen LogP contribution in [0.4, 0.5) is 5.69 Å². The first-order chi connectivity index (χ1) is 18.3. The molecular formula is C30H34N4O3S. The van der Waals surface area contributed by atoms with Crippen LogP contribution < -0.4 is 9.64 Å². The summed E-state index contributed by atoms with van der Waals surface area (Å²) in [6.07, 6.45) is 4.31. The maximum Gasteiger partial charge on any atom is 0.273 e. The highest BCUT2D eigenvalue weighted by Gasteiger charge is 2.29. The molecule has 2 aliphatic rings. The van der Waals surface area contributed by atoms with Gasteiger partial charge >= 0.3 is 0 Å². The quantitative estimate of drug-likeness (QED) is 0.457. The number of nitrogens with zero attached hydrogens (tertiary/aromatic N) is 4. The fraction of sp³-hybridized carbons (Fsp3) is 0.367. The molecule has 1 aromatic heterocycles. The van der Waals surface area contributed by atoms with Crippen molar-refractivity contribution in [3.63, 3.8) is 0 Å². The van der Waals surface area contributed by atoms with Crippen LogP contribution in [0.15, 0.2) is 60.0 Å². The molecule has 1 saturated heterocycles. The molecule has 38 heavy (non-hydrogen) atoms. The van der Waals surface area contributed by atoms with Crippen LogP contribution in [0.1, 0.15) is 47.4 Å². The van der Waals surface area contributed by atoms with Crippen molar-refractivity contribution < 1.29 is 14.3 Å². The zero-order valence-corrected chi connectivity index (χ0v) is 23.0. The van der Waals surface area contributed by atoms with E-state index in [0.29, 0.717) is 31.1 Å². The smallest absolute Gasteiger partial charge is 0.273 e. The summed E-state index contributed by atoms with van der Waals surface area (Å²) >= 11 is 1.42. The number of amides is 2. The second-order valence-electron chi connectivity index (χ2n) is 10.7. The number of hydrogen-bond acceptors (Lipinski definition) is 6. The summed E-state index contributed by atoms with van der Waals surface area (Å²) in [4.78, 5) is 36.5. The lowest BCUT2D eigenvalue weighted by Crippen LogP contribution is -2.48. The van der Waals surface area contributed by atoms with E-state index < -0.39 is 0 Å². The minimum absolute atomic E-state index is 0.00381. The molecule has 0 spiro atoms. The monoisotopic (exact) mass is 530 g/mol. The standard InChI is InChI=1S/C30H34N4O3S/c1-30(2,3)23-11-12-26-25(18-23)34(28(35)20-37-26)19-27-31-24(21-38-27)29(36)33-16-14-32(15-17-33)13-7-10-22-8-5-4-6-9-22/h4-12,18,21H,13-17,19-20H2,1-3H3/b10-7+. The largest absolute Gasteiger partial charge is 0.482 e. The van der Waals surface area contributed by atoms with Crippen molar-refractivity contribution in [2.24, 2.45) is 0 Å². The molecule has 2 aliphatic heterocycles. The van der Waals surface area contributed by atoms with Crippen LogP contribution in [0, 0.1) is 0 Å². The van der Waals surface area contributed by atoms with Crippen molar-refractivity contribution >= 4 is 34.9 Å². The second-order valence-corrected chi connectivity index (χ2v) is 11.7. The highest BCUT2D eigenvalue weighted by atomic mass is 32.1. The number of piperazine rings is 1. The van der Waals surface area contributed by atoms with E-state index in [9.17, 15) is 9.59 Å². The van der Waals surface area contributed by atoms with Gasteiger partial charge in [-0.3, -0.25) is 19.4 Å². The van der Waals surface area contributed by atoms with Gasteiger partial charge in [0.15, 0.2) is 6.61 Å². The van der Waals surface area contributed by atoms with E-state index in [0.717, 1.165) is 35.9 Å². The second kappa shape index (κ2) is 11.1. The third-order valence-electron chi connectivity index (χ3n) is 6.97. The van der Waals surface area contributed by atoms with Crippen LogP contribution in [0.5, 0.6) is 5.75 Å². The molecule has 7 nitrogen and oxygen atoms in total. The summed E-state index contributed by atoms with van der Waals surface area (Å²) in [5, 5.41) is 2.55. The number of benzene rings is 2. The topological polar surface area (TPSA) is 66.0 Å². The lowest BCUT2D eigenvalue weighted by atomic mass is 9.86. The Balaban J connectivity index is 1.19. The Hall–Kier alpha value is -3.49. The molecule has 1 fully saturated rings. The average Bonchev–Trinajstić information content (AvgIpc) is 3.39. The minimum atomic E-state index is -0.107. The molecule has 5 rings (SSSR count). The maximum absolute atomic E-state index is 13.2. The number of rotatable bonds is 6. The Kier molecular flexibility index (Phi) is 7.63. The molecule has 3 heterocycles. The summed E-state index contributed by atoms with van der Waals surface area (Å²) in [5.41, 5.74) is 3.48. The van der Waals surface area contributed by atoms with E-state index in [1.165, 1.54) is 16.9 Å². The predicted octanol–water partition coefficient (Wildman–Crippen LogP) is 4.84. The van der Waals surface area contributed by atoms with Crippen molar-refractivity contribution in [2.75, 3.05) is 44.2 Å². The van der Waals surface area contributed by atoms with Crippen LogP contribution in [0.3, 0.4) is 0 Å². The summed E-state index contributed by atoms with van der Waals surface area (Å²) < 4.78 is 5.67. The summed E-state index contributed by atoms with van der Waals surface area (Å²) in [5.74, 6) is 0.543. The SMILES string of the molecule is CC(C)(C)c1ccc2c(c1)N(Cc1nc(C(=O)N3CCN(C/C=C/c4ccccc4)CC3)cs1)C(=O)CO2. The van der Waals surface area contributed by atoms with Crippen LogP contribution in [-0.2, 0) is 16.8 Å². The number of aromatic nitrogens is 1. The molecule has 0 saturated carbocycles. The van der Waals surface area contributed by atoms with Gasteiger partial charge in [-0.05, 0) is 28.7 Å². The van der Waals surface area contributed by atoms with Gasteiger partial charge in [-0.1, -0.05) is 69.3 Å². The zero-order chi connectivity index (χ0) is 26.7. The fourth-order valence-electron chi connectivity index (χ4n) is 4.66. The molecule has 0 bridgehead atoms. The van der Waals surface area contributed by atoms with E-state index in [1.54, 1.807) is 4.90 Å². The van der Waals surface area contributed by atoms with Gasteiger partial charge in [-0.15, -0.1) is 11.3 Å². The van der Waals surface area contributed by atoms with E-state index in [4.69, 9.17) is 4.74 Å². The predicted molar refractivity (Wildman–Crippen MR) is 152 cm³/mol. The van der Waals surface area contributed by atoms with Crippen LogP contribution in [0.2, 0.25) is 0 Å². The molecule has 198 valence electrons. The van der Waals surface area contributed by atoms with E-state index >= 15 is 0 Å². The van der Waals surface area contributed by atoms with Crippen LogP contribution >= 0.6 is 11.3 Å². The third kappa shape index (κ3) is 5.97. The normalized spacial score (nSPS) is 16.6. The third-order valence-corrected chi connectivity index (χ3v) is 7.80. The van der Waals surface area contributed by atoms with Crippen LogP contribution in [0.25, 0.3) is 6.08 Å². The Morgan fingerprint density at radius 3 is 2.58 bits per heavy atom. The molecule has 2 amide bonds. The van der Waals surface area contributed by atoms with Crippen molar-refractivity contribution in [1.82, 2.24) is 14.8 Å². The number of fused-ring (bicyclic) bond motifs is 1. The highest BCUT2D eigenvalue weighted by Crippen LogP contribution is 2.37. The molecule has 0 N–H and O–H groups in total. The molecule has 0 unspecified atom stereocenters. The molecule has 0 atom stereocenters. The summed E-state index contributed by atoms with van der Waals surface area (Å²) in [7, 11) is 0. The molecule has 0 radical (unpaired) electrons. The maximum atomic E-state index is 13.2. The molecule has 3 aromatic rings. The van der Waals surface area contributed by atoms with Crippen LogP contribution in [-0.4, -0.2) is 65.9 Å². The average molecular weight is 531 g/mol. The Morgan fingerprint density at radius 1 is 1.08 bits per heavy atom. The van der Waals surface area contributed by atoms with Gasteiger partial charge in [-0.25, -0.2) is 4.98 Å². The first-order valence-electron chi connectivity index (χ1n) is 13.0. The van der Waals surface area contributed by atoms with Crippen molar-refractivity contribution in [2.45, 2.75) is 32.7 Å². The van der Waals surface area contributed by atoms with E-state index in [-0.39, 0.29) is 23.8 Å². The highest BCUT2D eigenvalue weighted by molar-refractivity contribution is 7.09. The molecular weight excluding hydrogens is 496 g/mol. The van der Waals surface area contributed by atoms with E-state index in [2.05, 4.69) is 54.9 Å². The number of carbonyl (C=O) groups excluding carboxylic acids is 2. The Bertz CT molecular complexity index is 1320. The first kappa shape index (κ1) is 26.1. The van der Waals surface area contributed by atoms with Gasteiger partial charge in [-0.2, -0.15) is 0 Å². The van der Waals surface area contributed by atoms with Gasteiger partial charge in [0.2, 0.25) is 0 Å². The number of ether oxygens (including phenoxy) is 1. The number of thiazole rings is 1. The molecule has 2 aromatic carbocycles. The first-order valence-corrected chi connectivity index (χ1v) is 13.9. The van der Waals surface area contributed by atoms with Crippen molar-refractivity contribution in [3.05, 3.63) is 81.8 Å². The number of hydrogen-bond donors (Lipinski definition) is 0. The van der Waals surface area contributed by atoms with Gasteiger partial charge < -0.3 is 9.64 Å². The van der Waals surface area contributed by atoms with Gasteiger partial charge in [0, 0.05) is 38.1 Å². The van der Waals surface area contributed by atoms with Gasteiger partial charge in [0.1, 0.15) is 16.5 Å². The fourth-order valence-corrected chi connectivity index (χ4v) is 5.41. The molecule has 8 heteroatoms. The number of carbonyl (C=O) groups is 2. The summed E-state index contributed by atoms with van der Waals surface area (Å²) in [6.45, 7) is 10.6. The lowest BCUT2D eigenvalue weighted by Gasteiger charge is -2.33. The Morgan fingerprint density at radius 2 is 1.84 bits per heavy atom. The van der Waals surface area contributed by atoms with Crippen molar-refractivity contribution in [3.8, 4) is 5.75 Å². The molecule has 0 aliphatic carbocycles. The Labute approximate surface area is 228 Å². The van der Waals surface area contributed by atoms with E-state index in [1.807, 2.05) is 46.7 Å².